The van der Waals surface area contributed by atoms with E-state index in [1.165, 1.54) is 24.4 Å². The first-order valence-electron chi connectivity index (χ1n) is 5.46. The van der Waals surface area contributed by atoms with Gasteiger partial charge in [-0.2, -0.15) is 5.26 Å². The van der Waals surface area contributed by atoms with Crippen LogP contribution >= 0.6 is 0 Å². The first-order valence-corrected chi connectivity index (χ1v) is 6.95. The lowest BCUT2D eigenvalue weighted by molar-refractivity contribution is 0.601. The molecule has 2 rings (SSSR count). The molecule has 96 valence electrons. The van der Waals surface area contributed by atoms with Gasteiger partial charge in [0.05, 0.1) is 28.4 Å². The summed E-state index contributed by atoms with van der Waals surface area (Å²) in [7, 11) is -3.71. The molecule has 5 nitrogen and oxygen atoms in total. The van der Waals surface area contributed by atoms with Gasteiger partial charge in [0.2, 0.25) is 0 Å². The average Bonchev–Trinajstić information content (AvgIpc) is 2.41. The number of anilines is 1. The normalized spacial score (nSPS) is 10.7. The zero-order chi connectivity index (χ0) is 13.9. The van der Waals surface area contributed by atoms with E-state index in [2.05, 4.69) is 9.71 Å². The third-order valence-electron chi connectivity index (χ3n) is 2.56. The molecule has 0 fully saturated rings. The molecule has 1 heterocycles. The summed E-state index contributed by atoms with van der Waals surface area (Å²) in [5.74, 6) is 0. The summed E-state index contributed by atoms with van der Waals surface area (Å²) in [4.78, 5) is 3.93. The van der Waals surface area contributed by atoms with Crippen LogP contribution in [0.5, 0.6) is 0 Å². The number of aryl methyl sites for hydroxylation is 1. The quantitative estimate of drug-likeness (QED) is 0.927. The van der Waals surface area contributed by atoms with Crippen LogP contribution in [0.4, 0.5) is 5.69 Å². The monoisotopic (exact) mass is 273 g/mol. The summed E-state index contributed by atoms with van der Waals surface area (Å²) < 4.78 is 26.8. The Labute approximate surface area is 111 Å². The molecular weight excluding hydrogens is 262 g/mol. The van der Waals surface area contributed by atoms with Crippen LogP contribution in [0.15, 0.2) is 47.6 Å². The summed E-state index contributed by atoms with van der Waals surface area (Å²) in [6, 6.07) is 9.47. The second kappa shape index (κ2) is 5.08. The maximum Gasteiger partial charge on any atom is 0.261 e. The molecule has 0 aliphatic rings. The Balaban J connectivity index is 2.39. The third kappa shape index (κ3) is 2.89. The lowest BCUT2D eigenvalue weighted by atomic mass is 10.2. The van der Waals surface area contributed by atoms with E-state index >= 15 is 0 Å². The lowest BCUT2D eigenvalue weighted by Gasteiger charge is -2.09. The minimum atomic E-state index is -3.71. The molecule has 0 amide bonds. The Morgan fingerprint density at radius 1 is 1.32 bits per heavy atom. The third-order valence-corrected chi connectivity index (χ3v) is 3.92. The van der Waals surface area contributed by atoms with E-state index in [1.54, 1.807) is 25.3 Å². The summed E-state index contributed by atoms with van der Waals surface area (Å²) in [6.45, 7) is 1.78. The largest absolute Gasteiger partial charge is 0.278 e. The summed E-state index contributed by atoms with van der Waals surface area (Å²) in [5, 5.41) is 8.79. The molecule has 0 aliphatic carbocycles. The van der Waals surface area contributed by atoms with Gasteiger partial charge in [0.25, 0.3) is 10.0 Å². The number of benzene rings is 1. The minimum absolute atomic E-state index is 0.0507. The first kappa shape index (κ1) is 13.1. The fourth-order valence-corrected chi connectivity index (χ4v) is 2.67. The van der Waals surface area contributed by atoms with Crippen LogP contribution in [0.3, 0.4) is 0 Å². The number of sulfonamides is 1. The number of nitrogens with zero attached hydrogens (tertiary/aromatic N) is 2. The molecule has 0 saturated heterocycles. The highest BCUT2D eigenvalue weighted by molar-refractivity contribution is 7.92. The van der Waals surface area contributed by atoms with Crippen LogP contribution in [0.1, 0.15) is 11.1 Å². The molecule has 1 aromatic heterocycles. The van der Waals surface area contributed by atoms with E-state index in [9.17, 15) is 8.42 Å². The molecule has 19 heavy (non-hydrogen) atoms. The predicted molar refractivity (Wildman–Crippen MR) is 70.9 cm³/mol. The van der Waals surface area contributed by atoms with E-state index in [0.29, 0.717) is 11.3 Å². The fourth-order valence-electron chi connectivity index (χ4n) is 1.51. The van der Waals surface area contributed by atoms with Crippen molar-refractivity contribution in [2.45, 2.75) is 11.8 Å². The standard InChI is InChI=1S/C13H11N3O2S/c1-10-5-6-15-9-13(10)16-19(17,18)12-4-2-3-11(7-12)8-14/h2-7,9,16H,1H3. The highest BCUT2D eigenvalue weighted by atomic mass is 32.2. The Morgan fingerprint density at radius 3 is 2.79 bits per heavy atom. The van der Waals surface area contributed by atoms with E-state index in [4.69, 9.17) is 5.26 Å². The molecule has 0 spiro atoms. The smallest absolute Gasteiger partial charge is 0.261 e. The van der Waals surface area contributed by atoms with E-state index in [1.807, 2.05) is 6.07 Å². The number of nitriles is 1. The molecule has 1 N–H and O–H groups in total. The second-order valence-electron chi connectivity index (χ2n) is 3.94. The van der Waals surface area contributed by atoms with E-state index < -0.39 is 10.0 Å². The van der Waals surface area contributed by atoms with Crippen molar-refractivity contribution in [2.24, 2.45) is 0 Å². The number of aromatic nitrogens is 1. The lowest BCUT2D eigenvalue weighted by Crippen LogP contribution is -2.14. The summed E-state index contributed by atoms with van der Waals surface area (Å²) in [6.07, 6.45) is 3.03. The van der Waals surface area contributed by atoms with Gasteiger partial charge < -0.3 is 0 Å². The maximum absolute atomic E-state index is 12.2. The van der Waals surface area contributed by atoms with Crippen LogP contribution in [-0.4, -0.2) is 13.4 Å². The zero-order valence-electron chi connectivity index (χ0n) is 10.2. The van der Waals surface area contributed by atoms with Gasteiger partial charge in [-0.25, -0.2) is 8.42 Å². The van der Waals surface area contributed by atoms with Crippen molar-refractivity contribution in [3.05, 3.63) is 53.9 Å². The van der Waals surface area contributed by atoms with Gasteiger partial charge in [-0.3, -0.25) is 9.71 Å². The summed E-state index contributed by atoms with van der Waals surface area (Å²) in [5.41, 5.74) is 1.49. The van der Waals surface area contributed by atoms with E-state index in [-0.39, 0.29) is 4.90 Å². The number of rotatable bonds is 3. The van der Waals surface area contributed by atoms with Crippen LogP contribution in [-0.2, 0) is 10.0 Å². The first-order chi connectivity index (χ1) is 9.03. The Morgan fingerprint density at radius 2 is 2.11 bits per heavy atom. The topological polar surface area (TPSA) is 82.8 Å². The van der Waals surface area contributed by atoms with Gasteiger partial charge in [0.15, 0.2) is 0 Å². The van der Waals surface area contributed by atoms with Gasteiger partial charge in [0.1, 0.15) is 0 Å². The molecule has 0 aliphatic heterocycles. The number of nitrogens with one attached hydrogen (secondary N) is 1. The zero-order valence-corrected chi connectivity index (χ0v) is 11.0. The SMILES string of the molecule is Cc1ccncc1NS(=O)(=O)c1cccc(C#N)c1. The number of pyridine rings is 1. The van der Waals surface area contributed by atoms with Crippen molar-refractivity contribution in [2.75, 3.05) is 4.72 Å². The fraction of sp³-hybridized carbons (Fsp3) is 0.0769. The Kier molecular flexibility index (Phi) is 3.49. The molecule has 1 aromatic carbocycles. The highest BCUT2D eigenvalue weighted by Gasteiger charge is 2.15. The minimum Gasteiger partial charge on any atom is -0.278 e. The number of hydrogen-bond acceptors (Lipinski definition) is 4. The van der Waals surface area contributed by atoms with Gasteiger partial charge in [-0.1, -0.05) is 6.07 Å². The van der Waals surface area contributed by atoms with Gasteiger partial charge in [-0.05, 0) is 36.8 Å². The maximum atomic E-state index is 12.2. The van der Waals surface area contributed by atoms with Crippen molar-refractivity contribution < 1.29 is 8.42 Å². The molecule has 2 aromatic rings. The van der Waals surface area contributed by atoms with Crippen LogP contribution in [0.25, 0.3) is 0 Å². The van der Waals surface area contributed by atoms with Crippen molar-refractivity contribution in [1.29, 1.82) is 5.26 Å². The molecule has 6 heteroatoms. The van der Waals surface area contributed by atoms with Crippen molar-refractivity contribution in [3.8, 4) is 6.07 Å². The van der Waals surface area contributed by atoms with Gasteiger partial charge >= 0.3 is 0 Å². The van der Waals surface area contributed by atoms with Crippen LogP contribution in [0, 0.1) is 18.3 Å². The Hall–Kier alpha value is -2.39. The molecule has 0 unspecified atom stereocenters. The molecular formula is C13H11N3O2S. The summed E-state index contributed by atoms with van der Waals surface area (Å²) >= 11 is 0. The second-order valence-corrected chi connectivity index (χ2v) is 5.62. The average molecular weight is 273 g/mol. The van der Waals surface area contributed by atoms with Crippen molar-refractivity contribution in [3.63, 3.8) is 0 Å². The van der Waals surface area contributed by atoms with E-state index in [0.717, 1.165) is 5.56 Å². The Bertz CT molecular complexity index is 748. The van der Waals surface area contributed by atoms with Gasteiger partial charge in [-0.15, -0.1) is 0 Å². The highest BCUT2D eigenvalue weighted by Crippen LogP contribution is 2.18. The number of hydrogen-bond donors (Lipinski definition) is 1. The van der Waals surface area contributed by atoms with Gasteiger partial charge in [0, 0.05) is 6.20 Å². The molecule has 0 atom stereocenters. The van der Waals surface area contributed by atoms with Crippen molar-refractivity contribution >= 4 is 15.7 Å². The van der Waals surface area contributed by atoms with Crippen LogP contribution in [0.2, 0.25) is 0 Å². The van der Waals surface area contributed by atoms with Crippen molar-refractivity contribution in [1.82, 2.24) is 4.98 Å². The predicted octanol–water partition coefficient (Wildman–Crippen LogP) is 2.06. The van der Waals surface area contributed by atoms with Crippen LogP contribution < -0.4 is 4.72 Å². The molecule has 0 saturated carbocycles. The molecule has 0 radical (unpaired) electrons. The molecule has 0 bridgehead atoms.